The van der Waals surface area contributed by atoms with Crippen molar-refractivity contribution in [1.82, 2.24) is 14.5 Å². The van der Waals surface area contributed by atoms with E-state index in [-0.39, 0.29) is 43.4 Å². The van der Waals surface area contributed by atoms with Crippen molar-refractivity contribution < 1.29 is 31.9 Å². The van der Waals surface area contributed by atoms with Gasteiger partial charge in [-0.25, -0.2) is 12.8 Å². The largest absolute Gasteiger partial charge is 0.484 e. The number of benzene rings is 4. The first-order chi connectivity index (χ1) is 22.7. The van der Waals surface area contributed by atoms with Crippen LogP contribution in [0.2, 0.25) is 0 Å². The maximum atomic E-state index is 13.9. The number of sulfonamides is 1. The molecule has 1 saturated heterocycles. The molecule has 5 rings (SSSR count). The van der Waals surface area contributed by atoms with E-state index < -0.39 is 34.4 Å². The summed E-state index contributed by atoms with van der Waals surface area (Å²) < 4.78 is 52.2. The highest BCUT2D eigenvalue weighted by atomic mass is 32.2. The maximum Gasteiger partial charge on any atom is 0.261 e. The SMILES string of the molecule is Cc1ccc(CNC(=O)[C@@H](Cc2ccccc2)N(Cc2ccc(F)cc2)C(=O)COc2ccc(S(=O)(=O)N3CCOCC3)cc2)cc1. The number of halogens is 1. The smallest absolute Gasteiger partial charge is 0.261 e. The van der Waals surface area contributed by atoms with Crippen molar-refractivity contribution in [1.29, 1.82) is 0 Å². The summed E-state index contributed by atoms with van der Waals surface area (Å²) in [4.78, 5) is 29.3. The van der Waals surface area contributed by atoms with Crippen LogP contribution in [-0.4, -0.2) is 68.4 Å². The molecule has 0 saturated carbocycles. The molecule has 0 unspecified atom stereocenters. The number of ether oxygens (including phenoxy) is 2. The van der Waals surface area contributed by atoms with E-state index in [1.165, 1.54) is 45.6 Å². The van der Waals surface area contributed by atoms with Crippen molar-refractivity contribution in [3.05, 3.63) is 131 Å². The molecule has 0 bridgehead atoms. The second-order valence-corrected chi connectivity index (χ2v) is 13.3. The Labute approximate surface area is 275 Å². The van der Waals surface area contributed by atoms with Crippen LogP contribution in [0.1, 0.15) is 22.3 Å². The minimum absolute atomic E-state index is 0.0364. The summed E-state index contributed by atoms with van der Waals surface area (Å²) in [5.41, 5.74) is 3.52. The monoisotopic (exact) mass is 659 g/mol. The summed E-state index contributed by atoms with van der Waals surface area (Å²) in [6, 6.07) is 28.0. The number of carbonyl (C=O) groups excluding carboxylic acids is 2. The fourth-order valence-corrected chi connectivity index (χ4v) is 6.63. The first-order valence-corrected chi connectivity index (χ1v) is 16.8. The van der Waals surface area contributed by atoms with Crippen LogP contribution in [0, 0.1) is 12.7 Å². The number of carbonyl (C=O) groups is 2. The quantitative estimate of drug-likeness (QED) is 0.227. The molecule has 0 aromatic heterocycles. The van der Waals surface area contributed by atoms with E-state index in [2.05, 4.69) is 5.32 Å². The van der Waals surface area contributed by atoms with Crippen molar-refractivity contribution in [2.45, 2.75) is 37.4 Å². The molecular formula is C36H38FN3O6S. The standard InChI is InChI=1S/C36H38FN3O6S/c1-27-7-9-29(10-8-27)24-38-36(42)34(23-28-5-3-2-4-6-28)40(25-30-11-13-31(37)14-12-30)35(41)26-46-32-15-17-33(18-16-32)47(43,44)39-19-21-45-22-20-39/h2-18,34H,19-26H2,1H3,(H,38,42)/t34-/m1/s1. The van der Waals surface area contributed by atoms with Crippen LogP contribution in [0.15, 0.2) is 108 Å². The van der Waals surface area contributed by atoms with Crippen molar-refractivity contribution in [2.24, 2.45) is 0 Å². The van der Waals surface area contributed by atoms with Crippen molar-refractivity contribution >= 4 is 21.8 Å². The molecular weight excluding hydrogens is 621 g/mol. The van der Waals surface area contributed by atoms with Gasteiger partial charge in [0.1, 0.15) is 17.6 Å². The number of morpholine rings is 1. The van der Waals surface area contributed by atoms with E-state index in [9.17, 15) is 22.4 Å². The van der Waals surface area contributed by atoms with Crippen LogP contribution in [0.25, 0.3) is 0 Å². The first-order valence-electron chi connectivity index (χ1n) is 15.4. The average Bonchev–Trinajstić information content (AvgIpc) is 3.10. The van der Waals surface area contributed by atoms with Gasteiger partial charge in [0.2, 0.25) is 15.9 Å². The van der Waals surface area contributed by atoms with Crippen molar-refractivity contribution in [3.8, 4) is 5.75 Å². The molecule has 1 atom stereocenters. The van der Waals surface area contributed by atoms with Crippen molar-refractivity contribution in [2.75, 3.05) is 32.9 Å². The van der Waals surface area contributed by atoms with Gasteiger partial charge >= 0.3 is 0 Å². The number of hydrogen-bond acceptors (Lipinski definition) is 6. The minimum atomic E-state index is -3.69. The molecule has 246 valence electrons. The minimum Gasteiger partial charge on any atom is -0.484 e. The molecule has 0 radical (unpaired) electrons. The Hall–Kier alpha value is -4.58. The van der Waals surface area contributed by atoms with Gasteiger partial charge in [-0.3, -0.25) is 9.59 Å². The van der Waals surface area contributed by atoms with Gasteiger partial charge in [-0.15, -0.1) is 0 Å². The van der Waals surface area contributed by atoms with Gasteiger partial charge < -0.3 is 19.7 Å². The van der Waals surface area contributed by atoms with Crippen LogP contribution >= 0.6 is 0 Å². The molecule has 2 amide bonds. The van der Waals surface area contributed by atoms with Crippen LogP contribution < -0.4 is 10.1 Å². The molecule has 9 nitrogen and oxygen atoms in total. The van der Waals surface area contributed by atoms with E-state index in [0.29, 0.717) is 24.5 Å². The zero-order chi connectivity index (χ0) is 33.2. The zero-order valence-corrected chi connectivity index (χ0v) is 27.0. The molecule has 1 aliphatic rings. The number of aryl methyl sites for hydroxylation is 1. The Morgan fingerprint density at radius 3 is 2.17 bits per heavy atom. The fourth-order valence-electron chi connectivity index (χ4n) is 5.23. The molecule has 0 spiro atoms. The Bertz CT molecular complexity index is 1730. The number of nitrogens with zero attached hydrogens (tertiary/aromatic N) is 2. The molecule has 4 aromatic carbocycles. The summed E-state index contributed by atoms with van der Waals surface area (Å²) in [6.45, 7) is 3.13. The summed E-state index contributed by atoms with van der Waals surface area (Å²) in [5, 5.41) is 2.99. The van der Waals surface area contributed by atoms with E-state index in [1.807, 2.05) is 61.5 Å². The molecule has 1 heterocycles. The van der Waals surface area contributed by atoms with Gasteiger partial charge in [-0.1, -0.05) is 72.3 Å². The highest BCUT2D eigenvalue weighted by Gasteiger charge is 2.31. The predicted molar refractivity (Wildman–Crippen MR) is 175 cm³/mol. The Morgan fingerprint density at radius 2 is 1.51 bits per heavy atom. The number of amides is 2. The van der Waals surface area contributed by atoms with E-state index in [1.54, 1.807) is 12.1 Å². The van der Waals surface area contributed by atoms with Gasteiger partial charge in [0.05, 0.1) is 18.1 Å². The number of nitrogens with one attached hydrogen (secondary N) is 1. The third kappa shape index (κ3) is 9.25. The van der Waals surface area contributed by atoms with Crippen molar-refractivity contribution in [3.63, 3.8) is 0 Å². The van der Waals surface area contributed by atoms with E-state index >= 15 is 0 Å². The zero-order valence-electron chi connectivity index (χ0n) is 26.2. The predicted octanol–water partition coefficient (Wildman–Crippen LogP) is 4.49. The lowest BCUT2D eigenvalue weighted by atomic mass is 10.0. The van der Waals surface area contributed by atoms with E-state index in [0.717, 1.165) is 16.7 Å². The normalized spacial score (nSPS) is 14.3. The first kappa shape index (κ1) is 33.8. The third-order valence-electron chi connectivity index (χ3n) is 7.92. The molecule has 11 heteroatoms. The van der Waals surface area contributed by atoms with Crippen LogP contribution in [0.3, 0.4) is 0 Å². The second kappa shape index (κ2) is 15.8. The molecule has 1 N–H and O–H groups in total. The highest BCUT2D eigenvalue weighted by molar-refractivity contribution is 7.89. The summed E-state index contributed by atoms with van der Waals surface area (Å²) in [6.07, 6.45) is 0.238. The van der Waals surface area contributed by atoms with Crippen LogP contribution in [0.5, 0.6) is 5.75 Å². The summed E-state index contributed by atoms with van der Waals surface area (Å²) in [7, 11) is -3.69. The molecule has 0 aliphatic carbocycles. The van der Waals surface area contributed by atoms with Gasteiger partial charge in [0, 0.05) is 32.6 Å². The van der Waals surface area contributed by atoms with Crippen LogP contribution in [0.4, 0.5) is 4.39 Å². The van der Waals surface area contributed by atoms with Crippen LogP contribution in [-0.2, 0) is 43.9 Å². The molecule has 4 aromatic rings. The lowest BCUT2D eigenvalue weighted by Crippen LogP contribution is -2.51. The average molecular weight is 660 g/mol. The van der Waals surface area contributed by atoms with Gasteiger partial charge in [-0.05, 0) is 60.0 Å². The maximum absolute atomic E-state index is 13.9. The number of rotatable bonds is 13. The Balaban J connectivity index is 1.35. The second-order valence-electron chi connectivity index (χ2n) is 11.3. The Kier molecular flexibility index (Phi) is 11.4. The lowest BCUT2D eigenvalue weighted by molar-refractivity contribution is -0.142. The van der Waals surface area contributed by atoms with Gasteiger partial charge in [0.15, 0.2) is 6.61 Å². The summed E-state index contributed by atoms with van der Waals surface area (Å²) in [5.74, 6) is -0.927. The topological polar surface area (TPSA) is 105 Å². The Morgan fingerprint density at radius 1 is 0.872 bits per heavy atom. The third-order valence-corrected chi connectivity index (χ3v) is 9.83. The van der Waals surface area contributed by atoms with Gasteiger partial charge in [0.25, 0.3) is 5.91 Å². The van der Waals surface area contributed by atoms with Gasteiger partial charge in [-0.2, -0.15) is 4.31 Å². The molecule has 1 fully saturated rings. The molecule has 1 aliphatic heterocycles. The summed E-state index contributed by atoms with van der Waals surface area (Å²) >= 11 is 0. The highest BCUT2D eigenvalue weighted by Crippen LogP contribution is 2.21. The fraction of sp³-hybridized carbons (Fsp3) is 0.278. The van der Waals surface area contributed by atoms with E-state index in [4.69, 9.17) is 9.47 Å². The number of hydrogen-bond donors (Lipinski definition) is 1. The lowest BCUT2D eigenvalue weighted by Gasteiger charge is -2.31. The molecule has 47 heavy (non-hydrogen) atoms.